The minimum absolute atomic E-state index is 0.214. The summed E-state index contributed by atoms with van der Waals surface area (Å²) in [5, 5.41) is 2.78. The predicted octanol–water partition coefficient (Wildman–Crippen LogP) is 4.37. The molecule has 7 heteroatoms. The molecule has 3 aromatic carbocycles. The van der Waals surface area contributed by atoms with Crippen LogP contribution < -0.4 is 14.8 Å². The van der Waals surface area contributed by atoms with Crippen molar-refractivity contribution < 1.29 is 17.9 Å². The molecule has 1 amide bonds. The van der Waals surface area contributed by atoms with E-state index >= 15 is 0 Å². The van der Waals surface area contributed by atoms with Gasteiger partial charge in [-0.1, -0.05) is 18.2 Å². The van der Waals surface area contributed by atoms with Gasteiger partial charge < -0.3 is 10.1 Å². The van der Waals surface area contributed by atoms with Crippen LogP contribution in [-0.2, 0) is 10.0 Å². The van der Waals surface area contributed by atoms with Gasteiger partial charge in [0.15, 0.2) is 0 Å². The Hall–Kier alpha value is -3.32. The molecule has 0 fully saturated rings. The van der Waals surface area contributed by atoms with Crippen LogP contribution in [0.1, 0.15) is 21.5 Å². The number of amides is 1. The molecule has 0 aliphatic carbocycles. The maximum Gasteiger partial charge on any atom is 0.262 e. The van der Waals surface area contributed by atoms with Crippen LogP contribution in [0.15, 0.2) is 71.6 Å². The lowest BCUT2D eigenvalue weighted by Crippen LogP contribution is -2.16. The number of hydrogen-bond donors (Lipinski definition) is 2. The molecule has 3 aromatic rings. The standard InChI is InChI=1S/C22H22N2O4S/c1-15-7-8-16(2)21(13-15)29(26,27)24-19-6-4-5-17(14-19)22(25)23-18-9-11-20(28-3)12-10-18/h4-14,24H,1-3H3,(H,23,25). The SMILES string of the molecule is COc1ccc(NC(=O)c2cccc(NS(=O)(=O)c3cc(C)ccc3C)c2)cc1. The number of sulfonamides is 1. The van der Waals surface area contributed by atoms with Gasteiger partial charge in [0.1, 0.15) is 5.75 Å². The molecule has 3 rings (SSSR count). The summed E-state index contributed by atoms with van der Waals surface area (Å²) < 4.78 is 33.2. The van der Waals surface area contributed by atoms with E-state index in [0.717, 1.165) is 5.56 Å². The van der Waals surface area contributed by atoms with Crippen molar-refractivity contribution in [1.29, 1.82) is 0 Å². The van der Waals surface area contributed by atoms with Crippen molar-refractivity contribution in [3.05, 3.63) is 83.4 Å². The van der Waals surface area contributed by atoms with Crippen LogP contribution in [0.25, 0.3) is 0 Å². The highest BCUT2D eigenvalue weighted by Gasteiger charge is 2.18. The van der Waals surface area contributed by atoms with Crippen LogP contribution >= 0.6 is 0 Å². The number of benzene rings is 3. The average Bonchev–Trinajstić information content (AvgIpc) is 2.70. The molecule has 29 heavy (non-hydrogen) atoms. The Morgan fingerprint density at radius 2 is 1.62 bits per heavy atom. The highest BCUT2D eigenvalue weighted by molar-refractivity contribution is 7.92. The molecule has 0 aliphatic rings. The maximum atomic E-state index is 12.8. The number of rotatable bonds is 6. The third-order valence-electron chi connectivity index (χ3n) is 4.36. The summed E-state index contributed by atoms with van der Waals surface area (Å²) in [6.45, 7) is 3.58. The molecular weight excluding hydrogens is 388 g/mol. The van der Waals surface area contributed by atoms with Crippen molar-refractivity contribution in [3.8, 4) is 5.75 Å². The first-order chi connectivity index (χ1) is 13.8. The Balaban J connectivity index is 1.79. The number of methoxy groups -OCH3 is 1. The molecule has 0 spiro atoms. The zero-order valence-electron chi connectivity index (χ0n) is 16.4. The number of hydrogen-bond acceptors (Lipinski definition) is 4. The summed E-state index contributed by atoms with van der Waals surface area (Å²) in [5.41, 5.74) is 2.76. The fourth-order valence-corrected chi connectivity index (χ4v) is 4.19. The smallest absolute Gasteiger partial charge is 0.262 e. The van der Waals surface area contributed by atoms with Gasteiger partial charge in [0.25, 0.3) is 15.9 Å². The number of aryl methyl sites for hydroxylation is 2. The van der Waals surface area contributed by atoms with Gasteiger partial charge in [-0.3, -0.25) is 9.52 Å². The van der Waals surface area contributed by atoms with E-state index in [1.54, 1.807) is 68.6 Å². The van der Waals surface area contributed by atoms with Crippen molar-refractivity contribution in [2.24, 2.45) is 0 Å². The summed E-state index contributed by atoms with van der Waals surface area (Å²) in [6, 6.07) is 18.5. The molecule has 6 nitrogen and oxygen atoms in total. The second-order valence-corrected chi connectivity index (χ2v) is 8.29. The molecule has 0 saturated heterocycles. The van der Waals surface area contributed by atoms with Crippen molar-refractivity contribution in [1.82, 2.24) is 0 Å². The van der Waals surface area contributed by atoms with Gasteiger partial charge in [0.05, 0.1) is 12.0 Å². The zero-order valence-corrected chi connectivity index (χ0v) is 17.2. The number of ether oxygens (including phenoxy) is 1. The first kappa shape index (κ1) is 20.4. The van der Waals surface area contributed by atoms with Gasteiger partial charge in [-0.2, -0.15) is 0 Å². The van der Waals surface area contributed by atoms with E-state index < -0.39 is 10.0 Å². The molecule has 0 heterocycles. The van der Waals surface area contributed by atoms with Crippen molar-refractivity contribution in [2.45, 2.75) is 18.7 Å². The van der Waals surface area contributed by atoms with Gasteiger partial charge in [-0.05, 0) is 73.5 Å². The van der Waals surface area contributed by atoms with E-state index in [0.29, 0.717) is 28.3 Å². The number of carbonyl (C=O) groups excluding carboxylic acids is 1. The fourth-order valence-electron chi connectivity index (χ4n) is 2.81. The molecule has 0 radical (unpaired) electrons. The molecule has 0 aliphatic heterocycles. The Bertz CT molecular complexity index is 1140. The van der Waals surface area contributed by atoms with Crippen molar-refractivity contribution in [2.75, 3.05) is 17.1 Å². The summed E-state index contributed by atoms with van der Waals surface area (Å²) in [7, 11) is -2.20. The Kier molecular flexibility index (Phi) is 5.89. The first-order valence-electron chi connectivity index (χ1n) is 8.94. The monoisotopic (exact) mass is 410 g/mol. The third kappa shape index (κ3) is 4.94. The second kappa shape index (κ2) is 8.36. The van der Waals surface area contributed by atoms with Gasteiger partial charge in [-0.25, -0.2) is 8.42 Å². The van der Waals surface area contributed by atoms with Crippen LogP contribution in [0.5, 0.6) is 5.75 Å². The molecule has 0 unspecified atom stereocenters. The predicted molar refractivity (Wildman–Crippen MR) is 114 cm³/mol. The quantitative estimate of drug-likeness (QED) is 0.632. The van der Waals surface area contributed by atoms with Crippen molar-refractivity contribution >= 4 is 27.3 Å². The van der Waals surface area contributed by atoms with Crippen molar-refractivity contribution in [3.63, 3.8) is 0 Å². The molecule has 0 aromatic heterocycles. The van der Waals surface area contributed by atoms with Gasteiger partial charge in [-0.15, -0.1) is 0 Å². The summed E-state index contributed by atoms with van der Waals surface area (Å²) >= 11 is 0. The largest absolute Gasteiger partial charge is 0.497 e. The van der Waals surface area contributed by atoms with E-state index in [1.165, 1.54) is 6.07 Å². The lowest BCUT2D eigenvalue weighted by Gasteiger charge is -2.12. The first-order valence-corrected chi connectivity index (χ1v) is 10.4. The molecular formula is C22H22N2O4S. The van der Waals surface area contributed by atoms with Gasteiger partial charge in [0.2, 0.25) is 0 Å². The topological polar surface area (TPSA) is 84.5 Å². The van der Waals surface area contributed by atoms with E-state index in [2.05, 4.69) is 10.0 Å². The van der Waals surface area contributed by atoms with E-state index in [1.807, 2.05) is 13.0 Å². The molecule has 150 valence electrons. The van der Waals surface area contributed by atoms with Crippen LogP contribution in [0.2, 0.25) is 0 Å². The number of anilines is 2. The fraction of sp³-hybridized carbons (Fsp3) is 0.136. The molecule has 0 atom stereocenters. The lowest BCUT2D eigenvalue weighted by atomic mass is 10.2. The lowest BCUT2D eigenvalue weighted by molar-refractivity contribution is 0.102. The number of nitrogens with one attached hydrogen (secondary N) is 2. The summed E-state index contributed by atoms with van der Waals surface area (Å²) in [4.78, 5) is 12.7. The normalized spacial score (nSPS) is 11.0. The third-order valence-corrected chi connectivity index (χ3v) is 5.88. The Morgan fingerprint density at radius 1 is 0.897 bits per heavy atom. The summed E-state index contributed by atoms with van der Waals surface area (Å²) in [5.74, 6) is 0.341. The van der Waals surface area contributed by atoms with Crippen LogP contribution in [0, 0.1) is 13.8 Å². The van der Waals surface area contributed by atoms with Crippen LogP contribution in [0.4, 0.5) is 11.4 Å². The Labute approximate surface area is 170 Å². The van der Waals surface area contributed by atoms with Gasteiger partial charge in [0, 0.05) is 16.9 Å². The maximum absolute atomic E-state index is 12.8. The molecule has 0 saturated carbocycles. The van der Waals surface area contributed by atoms with Crippen LogP contribution in [0.3, 0.4) is 0 Å². The molecule has 0 bridgehead atoms. The van der Waals surface area contributed by atoms with E-state index in [9.17, 15) is 13.2 Å². The van der Waals surface area contributed by atoms with E-state index in [-0.39, 0.29) is 10.8 Å². The minimum Gasteiger partial charge on any atom is -0.497 e. The second-order valence-electron chi connectivity index (χ2n) is 6.64. The highest BCUT2D eigenvalue weighted by Crippen LogP contribution is 2.22. The van der Waals surface area contributed by atoms with E-state index in [4.69, 9.17) is 4.74 Å². The highest BCUT2D eigenvalue weighted by atomic mass is 32.2. The Morgan fingerprint density at radius 3 is 2.31 bits per heavy atom. The minimum atomic E-state index is -3.77. The summed E-state index contributed by atoms with van der Waals surface area (Å²) in [6.07, 6.45) is 0. The van der Waals surface area contributed by atoms with Crippen LogP contribution in [-0.4, -0.2) is 21.4 Å². The van der Waals surface area contributed by atoms with Gasteiger partial charge >= 0.3 is 0 Å². The zero-order chi connectivity index (χ0) is 21.0. The molecule has 2 N–H and O–H groups in total. The number of carbonyl (C=O) groups is 1. The average molecular weight is 410 g/mol.